The maximum Gasteiger partial charge on any atom is 0.317 e. The molecule has 0 aliphatic carbocycles. The lowest BCUT2D eigenvalue weighted by atomic mass is 9.90. The van der Waals surface area contributed by atoms with Gasteiger partial charge in [0.15, 0.2) is 5.58 Å². The highest BCUT2D eigenvalue weighted by Gasteiger charge is 2.21. The minimum absolute atomic E-state index is 0.0526. The summed E-state index contributed by atoms with van der Waals surface area (Å²) in [5.74, 6) is 0.219. The number of aliphatic carboxylic acids is 1. The van der Waals surface area contributed by atoms with Crippen LogP contribution in [0.4, 0.5) is 5.69 Å². The molecule has 3 heterocycles. The Bertz CT molecular complexity index is 1780. The number of fused-ring (bicyclic) bond motifs is 1. The van der Waals surface area contributed by atoms with Crippen LogP contribution in [0.5, 0.6) is 0 Å². The fourth-order valence-corrected chi connectivity index (χ4v) is 7.88. The third kappa shape index (κ3) is 9.09. The van der Waals surface area contributed by atoms with Crippen molar-refractivity contribution < 1.29 is 14.3 Å². The highest BCUT2D eigenvalue weighted by molar-refractivity contribution is 7.10. The predicted octanol–water partition coefficient (Wildman–Crippen LogP) is 9.89. The third-order valence-electron chi connectivity index (χ3n) is 8.57. The first-order valence-electron chi connectivity index (χ1n) is 17.0. The number of carboxylic acid groups (broad SMARTS) is 1. The highest BCUT2D eigenvalue weighted by Crippen LogP contribution is 2.31. The fourth-order valence-electron chi connectivity index (χ4n) is 6.01. The van der Waals surface area contributed by atoms with Crippen molar-refractivity contribution in [3.8, 4) is 11.6 Å². The van der Waals surface area contributed by atoms with E-state index in [1.165, 1.54) is 48.3 Å². The summed E-state index contributed by atoms with van der Waals surface area (Å²) in [6, 6.07) is 15.7. The van der Waals surface area contributed by atoms with Gasteiger partial charge in [-0.3, -0.25) is 9.69 Å². The first kappa shape index (κ1) is 35.7. The molecule has 0 radical (unpaired) electrons. The summed E-state index contributed by atoms with van der Waals surface area (Å²) in [4.78, 5) is 30.2. The summed E-state index contributed by atoms with van der Waals surface area (Å²) < 4.78 is 6.24. The van der Waals surface area contributed by atoms with Crippen LogP contribution in [-0.2, 0) is 29.8 Å². The van der Waals surface area contributed by atoms with Crippen molar-refractivity contribution in [1.82, 2.24) is 19.9 Å². The summed E-state index contributed by atoms with van der Waals surface area (Å²) in [6.07, 6.45) is 4.88. The standard InChI is InChI=1S/C38H49N5O3S2/c1-8-10-27(11-9-2)28-13-15-29(16-14-28)43(25(3)4)19-26-12-17-30-32(18-26)46-37(40-30)31-23-47-34(39-31)20-42(22-36(44)45)21-35-41-33(24-48-35)38(5,6)7/h12-18,23-25,27H,8-11,19-22H2,1-7H3,(H,44,45). The van der Waals surface area contributed by atoms with Gasteiger partial charge in [0.1, 0.15) is 21.2 Å². The van der Waals surface area contributed by atoms with E-state index in [1.807, 2.05) is 16.3 Å². The van der Waals surface area contributed by atoms with Gasteiger partial charge < -0.3 is 14.4 Å². The molecule has 0 saturated heterocycles. The number of nitrogens with zero attached hydrogens (tertiary/aromatic N) is 5. The van der Waals surface area contributed by atoms with E-state index in [4.69, 9.17) is 19.4 Å². The topological polar surface area (TPSA) is 95.6 Å². The van der Waals surface area contributed by atoms with Gasteiger partial charge in [-0.05, 0) is 68.0 Å². The van der Waals surface area contributed by atoms with Crippen LogP contribution in [0.25, 0.3) is 22.7 Å². The molecule has 0 unspecified atom stereocenters. The molecule has 0 spiro atoms. The highest BCUT2D eigenvalue weighted by atomic mass is 32.1. The summed E-state index contributed by atoms with van der Waals surface area (Å²) in [7, 11) is 0. The number of hydrogen-bond donors (Lipinski definition) is 1. The Morgan fingerprint density at radius 1 is 0.896 bits per heavy atom. The molecule has 2 aromatic carbocycles. The minimum Gasteiger partial charge on any atom is -0.480 e. The van der Waals surface area contributed by atoms with Gasteiger partial charge in [-0.25, -0.2) is 15.0 Å². The number of anilines is 1. The van der Waals surface area contributed by atoms with Crippen molar-refractivity contribution in [3.63, 3.8) is 0 Å². The second-order valence-corrected chi connectivity index (χ2v) is 15.8. The van der Waals surface area contributed by atoms with Crippen LogP contribution < -0.4 is 4.90 Å². The summed E-state index contributed by atoms with van der Waals surface area (Å²) >= 11 is 3.05. The molecule has 0 aliphatic rings. The lowest BCUT2D eigenvalue weighted by Crippen LogP contribution is -2.30. The van der Waals surface area contributed by atoms with Gasteiger partial charge in [0, 0.05) is 34.4 Å². The van der Waals surface area contributed by atoms with E-state index in [0.29, 0.717) is 36.6 Å². The monoisotopic (exact) mass is 687 g/mol. The molecular weight excluding hydrogens is 639 g/mol. The molecule has 5 rings (SSSR count). The van der Waals surface area contributed by atoms with E-state index < -0.39 is 5.97 Å². The largest absolute Gasteiger partial charge is 0.480 e. The van der Waals surface area contributed by atoms with E-state index in [-0.39, 0.29) is 12.0 Å². The molecule has 0 atom stereocenters. The van der Waals surface area contributed by atoms with Gasteiger partial charge in [0.2, 0.25) is 5.89 Å². The SMILES string of the molecule is CCCC(CCC)c1ccc(N(Cc2ccc3nc(-c4csc(CN(CC(=O)O)Cc5nc(C(C)(C)C)cs5)n4)oc3c2)C(C)C)cc1. The normalized spacial score (nSPS) is 12.2. The molecule has 48 heavy (non-hydrogen) atoms. The quantitative estimate of drug-likeness (QED) is 0.110. The number of carbonyl (C=O) groups is 1. The molecular formula is C38H49N5O3S2. The molecule has 5 aromatic rings. The molecule has 8 nitrogen and oxygen atoms in total. The Balaban J connectivity index is 1.29. The van der Waals surface area contributed by atoms with Crippen LogP contribution in [0.15, 0.2) is 57.6 Å². The Morgan fingerprint density at radius 2 is 1.56 bits per heavy atom. The average Bonchev–Trinajstić information content (AvgIpc) is 3.79. The maximum atomic E-state index is 11.7. The van der Waals surface area contributed by atoms with E-state index in [2.05, 4.69) is 95.1 Å². The number of thiazole rings is 2. The Labute approximate surface area is 292 Å². The molecule has 0 aliphatic heterocycles. The lowest BCUT2D eigenvalue weighted by Gasteiger charge is -2.29. The maximum absolute atomic E-state index is 11.7. The zero-order chi connectivity index (χ0) is 34.4. The van der Waals surface area contributed by atoms with Gasteiger partial charge in [-0.2, -0.15) is 0 Å². The zero-order valence-electron chi connectivity index (χ0n) is 29.3. The second-order valence-electron chi connectivity index (χ2n) is 14.0. The van der Waals surface area contributed by atoms with Crippen LogP contribution >= 0.6 is 22.7 Å². The van der Waals surface area contributed by atoms with Crippen molar-refractivity contribution in [3.05, 3.63) is 80.1 Å². The summed E-state index contributed by atoms with van der Waals surface area (Å²) in [5.41, 5.74) is 6.94. The Morgan fingerprint density at radius 3 is 2.17 bits per heavy atom. The van der Waals surface area contributed by atoms with Gasteiger partial charge in [-0.1, -0.05) is 65.7 Å². The van der Waals surface area contributed by atoms with Crippen LogP contribution in [0.1, 0.15) is 107 Å². The minimum atomic E-state index is -0.880. The average molecular weight is 688 g/mol. The Hall–Kier alpha value is -3.60. The van der Waals surface area contributed by atoms with Crippen molar-refractivity contribution in [1.29, 1.82) is 0 Å². The first-order valence-corrected chi connectivity index (χ1v) is 18.8. The van der Waals surface area contributed by atoms with Crippen LogP contribution in [-0.4, -0.2) is 43.5 Å². The van der Waals surface area contributed by atoms with Crippen LogP contribution in [0.3, 0.4) is 0 Å². The fraction of sp³-hybridized carbons (Fsp3) is 0.474. The van der Waals surface area contributed by atoms with E-state index in [1.54, 1.807) is 11.3 Å². The van der Waals surface area contributed by atoms with Gasteiger partial charge >= 0.3 is 5.97 Å². The smallest absolute Gasteiger partial charge is 0.317 e. The molecule has 3 aromatic heterocycles. The first-order chi connectivity index (χ1) is 22.9. The molecule has 10 heteroatoms. The third-order valence-corrected chi connectivity index (χ3v) is 10.2. The predicted molar refractivity (Wildman–Crippen MR) is 198 cm³/mol. The summed E-state index contributed by atoms with van der Waals surface area (Å²) in [5, 5.41) is 15.3. The van der Waals surface area contributed by atoms with Crippen LogP contribution in [0, 0.1) is 0 Å². The van der Waals surface area contributed by atoms with Gasteiger partial charge in [-0.15, -0.1) is 22.7 Å². The van der Waals surface area contributed by atoms with Crippen molar-refractivity contribution >= 4 is 45.4 Å². The van der Waals surface area contributed by atoms with Crippen LogP contribution in [0.2, 0.25) is 0 Å². The number of rotatable bonds is 16. The van der Waals surface area contributed by atoms with Gasteiger partial charge in [0.05, 0.1) is 25.3 Å². The number of carboxylic acids is 1. The molecule has 256 valence electrons. The molecule has 0 amide bonds. The number of benzene rings is 2. The van der Waals surface area contributed by atoms with Crippen molar-refractivity contribution in [2.24, 2.45) is 0 Å². The molecule has 0 fully saturated rings. The summed E-state index contributed by atoms with van der Waals surface area (Å²) in [6.45, 7) is 16.9. The van der Waals surface area contributed by atoms with E-state index in [9.17, 15) is 9.90 Å². The van der Waals surface area contributed by atoms with Crippen molar-refractivity contribution in [2.75, 3.05) is 11.4 Å². The van der Waals surface area contributed by atoms with E-state index in [0.717, 1.165) is 38.9 Å². The van der Waals surface area contributed by atoms with E-state index >= 15 is 0 Å². The lowest BCUT2D eigenvalue weighted by molar-refractivity contribution is -0.138. The van der Waals surface area contributed by atoms with Crippen molar-refractivity contribution in [2.45, 2.75) is 111 Å². The number of oxazole rings is 1. The van der Waals surface area contributed by atoms with Gasteiger partial charge in [0.25, 0.3) is 0 Å². The Kier molecular flexibility index (Phi) is 11.7. The number of hydrogen-bond acceptors (Lipinski definition) is 9. The molecule has 0 bridgehead atoms. The molecule has 0 saturated carbocycles. The zero-order valence-corrected chi connectivity index (χ0v) is 31.0. The number of aromatic nitrogens is 3. The second kappa shape index (κ2) is 15.7. The molecule has 1 N–H and O–H groups in total.